The zero-order valence-corrected chi connectivity index (χ0v) is 27.9. The quantitative estimate of drug-likeness (QED) is 0.180. The molecule has 0 saturated heterocycles. The first-order valence-electron chi connectivity index (χ1n) is 17.7. The van der Waals surface area contributed by atoms with E-state index in [2.05, 4.69) is 191 Å². The molecule has 0 saturated carbocycles. The van der Waals surface area contributed by atoms with Gasteiger partial charge in [0.2, 0.25) is 0 Å². The van der Waals surface area contributed by atoms with Crippen molar-refractivity contribution in [3.8, 4) is 44.8 Å². The van der Waals surface area contributed by atoms with Crippen LogP contribution in [0, 0.1) is 0 Å². The molecule has 2 nitrogen and oxygen atoms in total. The van der Waals surface area contributed by atoms with Crippen molar-refractivity contribution in [1.82, 2.24) is 9.13 Å². The summed E-state index contributed by atoms with van der Waals surface area (Å²) < 4.78 is 4.84. The van der Waals surface area contributed by atoms with Gasteiger partial charge >= 0.3 is 0 Å². The molecule has 51 heavy (non-hydrogen) atoms. The number of para-hydroxylation sites is 2. The molecule has 0 spiro atoms. The number of fused-ring (bicyclic) bond motifs is 9. The van der Waals surface area contributed by atoms with Gasteiger partial charge in [-0.3, -0.25) is 0 Å². The Morgan fingerprint density at radius 2 is 0.804 bits per heavy atom. The van der Waals surface area contributed by atoms with E-state index in [9.17, 15) is 0 Å². The maximum absolute atomic E-state index is 2.44. The second-order valence-electron chi connectivity index (χ2n) is 13.8. The van der Waals surface area contributed by atoms with E-state index in [1.165, 1.54) is 99.5 Å². The molecule has 2 aromatic heterocycles. The van der Waals surface area contributed by atoms with Gasteiger partial charge in [-0.1, -0.05) is 115 Å². The van der Waals surface area contributed by atoms with E-state index in [0.29, 0.717) is 0 Å². The normalized spacial score (nSPS) is 12.2. The van der Waals surface area contributed by atoms with Gasteiger partial charge in [-0.15, -0.1) is 0 Å². The molecule has 2 heteroatoms. The van der Waals surface area contributed by atoms with Gasteiger partial charge in [0.05, 0.1) is 22.1 Å². The monoisotopic (exact) mass is 648 g/mol. The van der Waals surface area contributed by atoms with Crippen molar-refractivity contribution in [1.29, 1.82) is 0 Å². The average Bonchev–Trinajstić information content (AvgIpc) is 3.85. The van der Waals surface area contributed by atoms with Crippen molar-refractivity contribution in [2.24, 2.45) is 0 Å². The molecule has 0 atom stereocenters. The third kappa shape index (κ3) is 4.30. The van der Waals surface area contributed by atoms with E-state index in [1.807, 2.05) is 0 Å². The first-order valence-corrected chi connectivity index (χ1v) is 17.7. The summed E-state index contributed by atoms with van der Waals surface area (Å²) >= 11 is 0. The largest absolute Gasteiger partial charge is 0.309 e. The number of rotatable bonds is 4. The lowest BCUT2D eigenvalue weighted by Gasteiger charge is -2.11. The van der Waals surface area contributed by atoms with Gasteiger partial charge in [0.25, 0.3) is 0 Å². The van der Waals surface area contributed by atoms with Crippen molar-refractivity contribution >= 4 is 43.6 Å². The van der Waals surface area contributed by atoms with E-state index < -0.39 is 0 Å². The van der Waals surface area contributed by atoms with E-state index >= 15 is 0 Å². The molecule has 10 aromatic rings. The third-order valence-electron chi connectivity index (χ3n) is 10.9. The van der Waals surface area contributed by atoms with Crippen LogP contribution in [0.15, 0.2) is 182 Å². The summed E-state index contributed by atoms with van der Waals surface area (Å²) in [5.41, 5.74) is 17.7. The van der Waals surface area contributed by atoms with Gasteiger partial charge < -0.3 is 9.13 Å². The zero-order chi connectivity index (χ0) is 33.5. The molecule has 0 unspecified atom stereocenters. The Hall–Kier alpha value is -6.64. The molecule has 2 heterocycles. The Balaban J connectivity index is 1.10. The molecule has 1 aliphatic rings. The highest BCUT2D eigenvalue weighted by atomic mass is 15.0. The van der Waals surface area contributed by atoms with Crippen LogP contribution in [0.5, 0.6) is 0 Å². The van der Waals surface area contributed by atoms with Crippen LogP contribution in [0.2, 0.25) is 0 Å². The van der Waals surface area contributed by atoms with E-state index in [1.54, 1.807) is 0 Å². The first-order chi connectivity index (χ1) is 25.3. The molecular weight excluding hydrogens is 617 g/mol. The van der Waals surface area contributed by atoms with Gasteiger partial charge in [-0.2, -0.15) is 0 Å². The van der Waals surface area contributed by atoms with Crippen LogP contribution < -0.4 is 0 Å². The fraction of sp³-hybridized carbons (Fsp3) is 0.0204. The predicted octanol–water partition coefficient (Wildman–Crippen LogP) is 12.8. The highest BCUT2D eigenvalue weighted by molar-refractivity contribution is 6.13. The predicted molar refractivity (Wildman–Crippen MR) is 214 cm³/mol. The minimum Gasteiger partial charge on any atom is -0.309 e. The fourth-order valence-electron chi connectivity index (χ4n) is 8.55. The second-order valence-corrected chi connectivity index (χ2v) is 13.8. The summed E-state index contributed by atoms with van der Waals surface area (Å²) in [6.07, 6.45) is 1.00. The molecule has 0 aliphatic heterocycles. The summed E-state index contributed by atoms with van der Waals surface area (Å²) in [6.45, 7) is 0. The Labute approximate surface area is 296 Å². The van der Waals surface area contributed by atoms with Crippen molar-refractivity contribution in [2.45, 2.75) is 6.42 Å². The van der Waals surface area contributed by atoms with E-state index in [4.69, 9.17) is 0 Å². The molecule has 0 fully saturated rings. The van der Waals surface area contributed by atoms with Crippen molar-refractivity contribution in [3.63, 3.8) is 0 Å². The van der Waals surface area contributed by atoms with Gasteiger partial charge in [0.1, 0.15) is 0 Å². The number of aromatic nitrogens is 2. The Morgan fingerprint density at radius 1 is 0.294 bits per heavy atom. The molecule has 0 amide bonds. The molecular formula is C49H32N2. The van der Waals surface area contributed by atoms with Crippen LogP contribution in [-0.2, 0) is 6.42 Å². The molecule has 1 aliphatic carbocycles. The van der Waals surface area contributed by atoms with Crippen LogP contribution in [0.25, 0.3) is 88.4 Å². The number of hydrogen-bond donors (Lipinski definition) is 0. The van der Waals surface area contributed by atoms with Crippen LogP contribution in [0.4, 0.5) is 0 Å². The third-order valence-corrected chi connectivity index (χ3v) is 10.9. The zero-order valence-electron chi connectivity index (χ0n) is 27.9. The van der Waals surface area contributed by atoms with Gasteiger partial charge in [0, 0.05) is 32.9 Å². The minimum absolute atomic E-state index is 1.00. The van der Waals surface area contributed by atoms with Gasteiger partial charge in [-0.05, 0) is 118 Å². The number of hydrogen-bond acceptors (Lipinski definition) is 0. The van der Waals surface area contributed by atoms with Crippen LogP contribution in [0.1, 0.15) is 11.1 Å². The van der Waals surface area contributed by atoms with Crippen LogP contribution in [-0.4, -0.2) is 9.13 Å². The molecule has 0 bridgehead atoms. The average molecular weight is 649 g/mol. The van der Waals surface area contributed by atoms with Crippen molar-refractivity contribution in [3.05, 3.63) is 193 Å². The maximum atomic E-state index is 2.44. The van der Waals surface area contributed by atoms with Crippen molar-refractivity contribution in [2.75, 3.05) is 0 Å². The summed E-state index contributed by atoms with van der Waals surface area (Å²) in [6, 6.07) is 67.0. The fourth-order valence-corrected chi connectivity index (χ4v) is 8.55. The van der Waals surface area contributed by atoms with Crippen LogP contribution in [0.3, 0.4) is 0 Å². The molecule has 0 N–H and O–H groups in total. The highest BCUT2D eigenvalue weighted by Crippen LogP contribution is 2.42. The topological polar surface area (TPSA) is 9.86 Å². The minimum atomic E-state index is 1.00. The van der Waals surface area contributed by atoms with E-state index in [0.717, 1.165) is 6.42 Å². The lowest BCUT2D eigenvalue weighted by molar-refractivity contribution is 1.17. The number of benzene rings is 8. The Bertz CT molecular complexity index is 2980. The number of nitrogens with zero attached hydrogens (tertiary/aromatic N) is 2. The lowest BCUT2D eigenvalue weighted by atomic mass is 9.99. The standard InChI is InChI=1S/C49H32N2/c1-3-11-32(12-4-1)33-20-24-48-44(28-33)45-30-35(22-26-49(45)50(48)38-14-5-2-6-15-38)34-21-25-47-43(29-34)41-17-9-10-18-46(41)51(47)39-23-19-37-27-36-13-7-8-16-40(36)42(37)31-39/h1-26,28-31H,27H2. The second kappa shape index (κ2) is 10.9. The SMILES string of the molecule is c1ccc(-c2ccc3c(c2)c2cc(-c4ccc5c(c4)c4ccccc4n5-c4ccc5c(c4)-c4ccccc4C5)ccc2n3-c2ccccc2)cc1. The molecule has 8 aromatic carbocycles. The summed E-state index contributed by atoms with van der Waals surface area (Å²) in [5, 5.41) is 5.05. The summed E-state index contributed by atoms with van der Waals surface area (Å²) in [7, 11) is 0. The van der Waals surface area contributed by atoms with Gasteiger partial charge in [0.15, 0.2) is 0 Å². The summed E-state index contributed by atoms with van der Waals surface area (Å²) in [5.74, 6) is 0. The maximum Gasteiger partial charge on any atom is 0.0541 e. The Kier molecular flexibility index (Phi) is 6.05. The lowest BCUT2D eigenvalue weighted by Crippen LogP contribution is -1.95. The molecule has 238 valence electrons. The molecule has 0 radical (unpaired) electrons. The first kappa shape index (κ1) is 28.2. The van der Waals surface area contributed by atoms with Crippen molar-refractivity contribution < 1.29 is 0 Å². The van der Waals surface area contributed by atoms with Crippen LogP contribution >= 0.6 is 0 Å². The van der Waals surface area contributed by atoms with E-state index in [-0.39, 0.29) is 0 Å². The van der Waals surface area contributed by atoms with Gasteiger partial charge in [-0.25, -0.2) is 0 Å². The highest BCUT2D eigenvalue weighted by Gasteiger charge is 2.21. The Morgan fingerprint density at radius 3 is 1.51 bits per heavy atom. The summed E-state index contributed by atoms with van der Waals surface area (Å²) in [4.78, 5) is 0. The smallest absolute Gasteiger partial charge is 0.0541 e. The molecule has 11 rings (SSSR count).